The summed E-state index contributed by atoms with van der Waals surface area (Å²) < 4.78 is 14.4. The molecule has 3 aromatic rings. The van der Waals surface area contributed by atoms with E-state index in [2.05, 4.69) is 15.6 Å². The lowest BCUT2D eigenvalue weighted by Crippen LogP contribution is -2.44. The molecule has 1 aliphatic heterocycles. The second kappa shape index (κ2) is 8.14. The maximum absolute atomic E-state index is 14.4. The molecule has 1 unspecified atom stereocenters. The van der Waals surface area contributed by atoms with Gasteiger partial charge in [0.2, 0.25) is 5.91 Å². The molecule has 150 valence electrons. The Morgan fingerprint density at radius 2 is 2.00 bits per heavy atom. The molecule has 1 aromatic heterocycles. The van der Waals surface area contributed by atoms with Crippen molar-refractivity contribution in [2.45, 2.75) is 18.6 Å². The second-order valence-corrected chi connectivity index (χ2v) is 7.31. The van der Waals surface area contributed by atoms with E-state index in [0.717, 1.165) is 28.5 Å². The van der Waals surface area contributed by atoms with Gasteiger partial charge in [0.15, 0.2) is 0 Å². The Labute approximate surface area is 167 Å². The molecule has 2 heterocycles. The number of para-hydroxylation sites is 1. The van der Waals surface area contributed by atoms with Gasteiger partial charge in [-0.3, -0.25) is 4.79 Å². The number of hydrogen-bond acceptors (Lipinski definition) is 4. The Morgan fingerprint density at radius 3 is 2.69 bits per heavy atom. The van der Waals surface area contributed by atoms with Gasteiger partial charge in [-0.05, 0) is 23.6 Å². The predicted octanol–water partition coefficient (Wildman–Crippen LogP) is 1.78. The van der Waals surface area contributed by atoms with Crippen LogP contribution in [-0.4, -0.2) is 47.5 Å². The van der Waals surface area contributed by atoms with E-state index in [9.17, 15) is 19.1 Å². The number of aromatic amines is 1. The van der Waals surface area contributed by atoms with Gasteiger partial charge in [-0.2, -0.15) is 0 Å². The Kier molecular flexibility index (Phi) is 5.42. The number of hydrogen-bond donors (Lipinski definition) is 4. The summed E-state index contributed by atoms with van der Waals surface area (Å²) in [5.41, 5.74) is 2.93. The number of β-amino-alcohol motifs (C(OH)–C–C–N with tert-alkyl or cyclic N) is 1. The number of aromatic nitrogens is 1. The third-order valence-corrected chi connectivity index (χ3v) is 5.36. The number of amides is 1. The molecule has 7 heteroatoms. The molecule has 4 N–H and O–H groups in total. The van der Waals surface area contributed by atoms with Crippen LogP contribution >= 0.6 is 0 Å². The highest BCUT2D eigenvalue weighted by Crippen LogP contribution is 2.33. The lowest BCUT2D eigenvalue weighted by atomic mass is 9.95. The number of carbonyl (C=O) groups excluding carboxylic acids is 2. The molecular weight excluding hydrogens is 373 g/mol. The van der Waals surface area contributed by atoms with Crippen LogP contribution in [0.2, 0.25) is 0 Å². The van der Waals surface area contributed by atoms with Gasteiger partial charge in [-0.1, -0.05) is 42.5 Å². The fourth-order valence-electron chi connectivity index (χ4n) is 3.85. The molecule has 0 saturated carbocycles. The van der Waals surface area contributed by atoms with Crippen LogP contribution in [0.3, 0.4) is 0 Å². The summed E-state index contributed by atoms with van der Waals surface area (Å²) in [4.78, 5) is 26.7. The van der Waals surface area contributed by atoms with Crippen molar-refractivity contribution >= 4 is 23.1 Å². The van der Waals surface area contributed by atoms with Gasteiger partial charge >= 0.3 is 0 Å². The van der Waals surface area contributed by atoms with E-state index in [4.69, 9.17) is 0 Å². The summed E-state index contributed by atoms with van der Waals surface area (Å²) in [6, 6.07) is 13.7. The number of H-pyrrole nitrogens is 1. The van der Waals surface area contributed by atoms with E-state index in [0.29, 0.717) is 11.9 Å². The maximum Gasteiger partial charge on any atom is 0.239 e. The first-order valence-corrected chi connectivity index (χ1v) is 9.57. The molecule has 29 heavy (non-hydrogen) atoms. The van der Waals surface area contributed by atoms with Crippen LogP contribution in [-0.2, 0) is 16.0 Å². The number of halogens is 1. The summed E-state index contributed by atoms with van der Waals surface area (Å²) >= 11 is 0. The third kappa shape index (κ3) is 3.79. The quantitative estimate of drug-likeness (QED) is 0.459. The molecule has 1 aliphatic rings. The SMILES string of the molecule is O=CC(CN[C@@H]1C(=O)NC[C@H]1O)Cc1c(-c2ccccc2)[nH]c2c(F)cccc12. The number of benzene rings is 2. The Balaban J connectivity index is 1.64. The van der Waals surface area contributed by atoms with Gasteiger partial charge in [-0.25, -0.2) is 4.39 Å². The van der Waals surface area contributed by atoms with Crippen molar-refractivity contribution in [3.8, 4) is 11.3 Å². The lowest BCUT2D eigenvalue weighted by molar-refractivity contribution is -0.122. The molecule has 6 nitrogen and oxygen atoms in total. The van der Waals surface area contributed by atoms with E-state index in [1.807, 2.05) is 36.4 Å². The van der Waals surface area contributed by atoms with Crippen molar-refractivity contribution in [3.63, 3.8) is 0 Å². The zero-order chi connectivity index (χ0) is 20.4. The molecular formula is C22H22FN3O3. The van der Waals surface area contributed by atoms with Gasteiger partial charge in [-0.15, -0.1) is 0 Å². The Morgan fingerprint density at radius 1 is 1.21 bits per heavy atom. The molecule has 1 amide bonds. The van der Waals surface area contributed by atoms with Gasteiger partial charge in [0, 0.05) is 30.1 Å². The van der Waals surface area contributed by atoms with Gasteiger partial charge in [0.25, 0.3) is 0 Å². The van der Waals surface area contributed by atoms with Crippen LogP contribution < -0.4 is 10.6 Å². The van der Waals surface area contributed by atoms with Crippen LogP contribution in [0.15, 0.2) is 48.5 Å². The first-order chi connectivity index (χ1) is 14.1. The van der Waals surface area contributed by atoms with E-state index >= 15 is 0 Å². The molecule has 1 saturated heterocycles. The number of aliphatic hydroxyl groups excluding tert-OH is 1. The molecule has 2 aromatic carbocycles. The van der Waals surface area contributed by atoms with Crippen LogP contribution in [0.25, 0.3) is 22.2 Å². The number of aldehydes is 1. The molecule has 1 fully saturated rings. The van der Waals surface area contributed by atoms with Crippen LogP contribution in [0, 0.1) is 11.7 Å². The van der Waals surface area contributed by atoms with E-state index in [1.54, 1.807) is 6.07 Å². The average Bonchev–Trinajstić information content (AvgIpc) is 3.27. The molecule has 4 rings (SSSR count). The highest BCUT2D eigenvalue weighted by Gasteiger charge is 2.33. The monoisotopic (exact) mass is 395 g/mol. The molecule has 0 aliphatic carbocycles. The number of carbonyl (C=O) groups is 2. The average molecular weight is 395 g/mol. The topological polar surface area (TPSA) is 94.2 Å². The van der Waals surface area contributed by atoms with Crippen molar-refractivity contribution in [2.24, 2.45) is 5.92 Å². The highest BCUT2D eigenvalue weighted by molar-refractivity contribution is 5.91. The highest BCUT2D eigenvalue weighted by atomic mass is 19.1. The van der Waals surface area contributed by atoms with Gasteiger partial charge < -0.3 is 25.5 Å². The first kappa shape index (κ1) is 19.3. The van der Waals surface area contributed by atoms with E-state index in [-0.39, 0.29) is 24.8 Å². The van der Waals surface area contributed by atoms with Gasteiger partial charge in [0.05, 0.1) is 11.6 Å². The summed E-state index contributed by atoms with van der Waals surface area (Å²) in [5.74, 6) is -1.07. The van der Waals surface area contributed by atoms with Crippen molar-refractivity contribution in [3.05, 3.63) is 59.9 Å². The summed E-state index contributed by atoms with van der Waals surface area (Å²) in [5, 5.41) is 16.2. The molecule has 0 spiro atoms. The minimum absolute atomic E-state index is 0.197. The Hall–Kier alpha value is -3.03. The summed E-state index contributed by atoms with van der Waals surface area (Å²) in [6.07, 6.45) is 0.380. The van der Waals surface area contributed by atoms with E-state index < -0.39 is 18.1 Å². The van der Waals surface area contributed by atoms with Crippen LogP contribution in [0.1, 0.15) is 5.56 Å². The standard InChI is InChI=1S/C22H22FN3O3/c23-17-8-4-7-15-16(19(26-20(15)17)14-5-2-1-3-6-14)9-13(12-27)10-24-21-18(28)11-25-22(21)29/h1-8,12-13,18,21,24,26,28H,9-11H2,(H,25,29)/t13?,18-,21+/m1/s1. The predicted molar refractivity (Wildman–Crippen MR) is 108 cm³/mol. The normalized spacial score (nSPS) is 20.0. The summed E-state index contributed by atoms with van der Waals surface area (Å²) in [7, 11) is 0. The largest absolute Gasteiger partial charge is 0.389 e. The minimum Gasteiger partial charge on any atom is -0.389 e. The zero-order valence-corrected chi connectivity index (χ0v) is 15.7. The number of fused-ring (bicyclic) bond motifs is 1. The van der Waals surface area contributed by atoms with Crippen LogP contribution in [0.4, 0.5) is 4.39 Å². The van der Waals surface area contributed by atoms with Crippen LogP contribution in [0.5, 0.6) is 0 Å². The third-order valence-electron chi connectivity index (χ3n) is 5.36. The van der Waals surface area contributed by atoms with Crippen molar-refractivity contribution in [1.29, 1.82) is 0 Å². The molecule has 0 radical (unpaired) electrons. The fraction of sp³-hybridized carbons (Fsp3) is 0.273. The number of rotatable bonds is 7. The minimum atomic E-state index is -0.822. The van der Waals surface area contributed by atoms with Crippen molar-refractivity contribution < 1.29 is 19.1 Å². The number of nitrogens with one attached hydrogen (secondary N) is 3. The maximum atomic E-state index is 14.4. The first-order valence-electron chi connectivity index (χ1n) is 9.57. The van der Waals surface area contributed by atoms with E-state index in [1.165, 1.54) is 6.07 Å². The second-order valence-electron chi connectivity index (χ2n) is 7.31. The molecule has 0 bridgehead atoms. The summed E-state index contributed by atoms with van der Waals surface area (Å²) in [6.45, 7) is 0.428. The van der Waals surface area contributed by atoms with Gasteiger partial charge in [0.1, 0.15) is 18.1 Å². The van der Waals surface area contributed by atoms with Crippen molar-refractivity contribution in [1.82, 2.24) is 15.6 Å². The smallest absolute Gasteiger partial charge is 0.239 e. The lowest BCUT2D eigenvalue weighted by Gasteiger charge is -2.17. The molecule has 3 atom stereocenters. The zero-order valence-electron chi connectivity index (χ0n) is 15.7. The fourth-order valence-corrected chi connectivity index (χ4v) is 3.85. The number of aliphatic hydroxyl groups is 1. The van der Waals surface area contributed by atoms with Crippen molar-refractivity contribution in [2.75, 3.05) is 13.1 Å². The Bertz CT molecular complexity index is 1030.